The number of nitrogens with zero attached hydrogens (tertiary/aromatic N) is 1. The van der Waals surface area contributed by atoms with Gasteiger partial charge in [0.15, 0.2) is 11.5 Å². The molecule has 0 atom stereocenters. The van der Waals surface area contributed by atoms with Gasteiger partial charge in [-0.15, -0.1) is 0 Å². The number of ether oxygens (including phenoxy) is 3. The molecule has 0 N–H and O–H groups in total. The fourth-order valence-corrected chi connectivity index (χ4v) is 2.01. The van der Waals surface area contributed by atoms with E-state index in [2.05, 4.69) is 0 Å². The van der Waals surface area contributed by atoms with E-state index in [1.165, 1.54) is 38.2 Å². The first-order valence-electron chi connectivity index (χ1n) is 6.31. The van der Waals surface area contributed by atoms with Gasteiger partial charge in [-0.2, -0.15) is 4.73 Å². The van der Waals surface area contributed by atoms with E-state index in [4.69, 9.17) is 31.3 Å². The minimum Gasteiger partial charge on any atom is -0.493 e. The molecule has 0 aliphatic carbocycles. The molecule has 2 rings (SSSR count). The van der Waals surface area contributed by atoms with Crippen LogP contribution < -0.4 is 19.0 Å². The van der Waals surface area contributed by atoms with Crippen LogP contribution in [-0.4, -0.2) is 32.0 Å². The van der Waals surface area contributed by atoms with Gasteiger partial charge in [0.25, 0.3) is 0 Å². The first kappa shape index (κ1) is 15.8. The third kappa shape index (κ3) is 3.20. The van der Waals surface area contributed by atoms with Crippen LogP contribution in [0, 0.1) is 4.64 Å². The molecular weight excluding hydrogens is 306 g/mol. The highest BCUT2D eigenvalue weighted by Crippen LogP contribution is 2.38. The number of hydrogen-bond donors (Lipinski definition) is 0. The zero-order chi connectivity index (χ0) is 16.1. The second-order valence-electron chi connectivity index (χ2n) is 4.16. The third-order valence-corrected chi connectivity index (χ3v) is 3.19. The summed E-state index contributed by atoms with van der Waals surface area (Å²) in [6.07, 6.45) is 1.55. The molecule has 0 amide bonds. The van der Waals surface area contributed by atoms with Crippen molar-refractivity contribution in [1.82, 2.24) is 4.73 Å². The van der Waals surface area contributed by atoms with E-state index in [1.807, 2.05) is 0 Å². The topological polar surface area (TPSA) is 58.9 Å². The molecule has 0 radical (unpaired) electrons. The molecule has 1 aromatic carbocycles. The summed E-state index contributed by atoms with van der Waals surface area (Å²) in [5.74, 6) is 0.537. The number of aromatic nitrogens is 1. The molecule has 0 unspecified atom stereocenters. The van der Waals surface area contributed by atoms with Crippen LogP contribution in [0.5, 0.6) is 17.2 Å². The molecular formula is C15H15NO5S. The van der Waals surface area contributed by atoms with Gasteiger partial charge in [0, 0.05) is 6.20 Å². The normalized spacial score (nSPS) is 9.95. The molecule has 6 nitrogen and oxygen atoms in total. The molecule has 7 heteroatoms. The first-order chi connectivity index (χ1) is 10.6. The van der Waals surface area contributed by atoms with Gasteiger partial charge in [-0.3, -0.25) is 0 Å². The molecule has 0 aliphatic heterocycles. The zero-order valence-electron chi connectivity index (χ0n) is 12.4. The van der Waals surface area contributed by atoms with Crippen molar-refractivity contribution in [3.63, 3.8) is 0 Å². The van der Waals surface area contributed by atoms with Gasteiger partial charge in [-0.25, -0.2) is 4.79 Å². The summed E-state index contributed by atoms with van der Waals surface area (Å²) >= 11 is 5.07. The van der Waals surface area contributed by atoms with Crippen LogP contribution in [0.4, 0.5) is 0 Å². The minimum atomic E-state index is -0.596. The SMILES string of the molecule is COc1cc(C(=O)On2ccccc2=S)cc(OC)c1OC. The molecule has 1 aromatic heterocycles. The predicted octanol–water partition coefficient (Wildman–Crippen LogP) is 2.51. The Kier molecular flexibility index (Phi) is 5.00. The van der Waals surface area contributed by atoms with E-state index < -0.39 is 5.97 Å². The van der Waals surface area contributed by atoms with Gasteiger partial charge >= 0.3 is 5.97 Å². The monoisotopic (exact) mass is 321 g/mol. The molecule has 0 saturated carbocycles. The summed E-state index contributed by atoms with van der Waals surface area (Å²) in [6.45, 7) is 0. The highest BCUT2D eigenvalue weighted by atomic mass is 32.1. The Morgan fingerprint density at radius 1 is 1.05 bits per heavy atom. The Hall–Kier alpha value is -2.54. The van der Waals surface area contributed by atoms with Crippen LogP contribution >= 0.6 is 12.2 Å². The minimum absolute atomic E-state index is 0.250. The summed E-state index contributed by atoms with van der Waals surface area (Å²) in [4.78, 5) is 17.5. The maximum atomic E-state index is 12.3. The Morgan fingerprint density at radius 2 is 1.68 bits per heavy atom. The van der Waals surface area contributed by atoms with Crippen molar-refractivity contribution in [2.45, 2.75) is 0 Å². The second kappa shape index (κ2) is 6.95. The number of benzene rings is 1. The van der Waals surface area contributed by atoms with Crippen molar-refractivity contribution >= 4 is 18.2 Å². The zero-order valence-corrected chi connectivity index (χ0v) is 13.2. The lowest BCUT2D eigenvalue weighted by atomic mass is 10.2. The van der Waals surface area contributed by atoms with Gasteiger partial charge < -0.3 is 19.0 Å². The average Bonchev–Trinajstić information content (AvgIpc) is 2.55. The van der Waals surface area contributed by atoms with Gasteiger partial charge in [-0.05, 0) is 24.3 Å². The highest BCUT2D eigenvalue weighted by Gasteiger charge is 2.18. The van der Waals surface area contributed by atoms with Crippen molar-refractivity contribution < 1.29 is 23.8 Å². The summed E-state index contributed by atoms with van der Waals surface area (Å²) in [5, 5.41) is 0. The summed E-state index contributed by atoms with van der Waals surface area (Å²) in [7, 11) is 4.43. The first-order valence-corrected chi connectivity index (χ1v) is 6.72. The lowest BCUT2D eigenvalue weighted by Crippen LogP contribution is -2.20. The van der Waals surface area contributed by atoms with Crippen LogP contribution in [0.2, 0.25) is 0 Å². The molecule has 0 saturated heterocycles. The summed E-state index contributed by atoms with van der Waals surface area (Å²) in [5.41, 5.74) is 0.250. The van der Waals surface area contributed by atoms with Crippen LogP contribution in [0.3, 0.4) is 0 Å². The maximum Gasteiger partial charge on any atom is 0.363 e. The number of rotatable bonds is 5. The lowest BCUT2D eigenvalue weighted by molar-refractivity contribution is 0.0451. The van der Waals surface area contributed by atoms with Crippen molar-refractivity contribution in [3.05, 3.63) is 46.7 Å². The third-order valence-electron chi connectivity index (χ3n) is 2.87. The standard InChI is InChI=1S/C15H15NO5S/c1-18-11-8-10(9-12(19-2)14(11)20-3)15(17)21-16-7-5-4-6-13(16)22/h4-9H,1-3H3. The van der Waals surface area contributed by atoms with Gasteiger partial charge in [-0.1, -0.05) is 18.3 Å². The Bertz CT molecular complexity index is 716. The van der Waals surface area contributed by atoms with Crippen molar-refractivity contribution in [1.29, 1.82) is 0 Å². The molecule has 0 fully saturated rings. The second-order valence-corrected chi connectivity index (χ2v) is 4.58. The van der Waals surface area contributed by atoms with Crippen LogP contribution in [0.15, 0.2) is 36.5 Å². The van der Waals surface area contributed by atoms with E-state index in [9.17, 15) is 4.79 Å². The molecule has 0 spiro atoms. The Balaban J connectivity index is 2.38. The van der Waals surface area contributed by atoms with Gasteiger partial charge in [0.05, 0.1) is 26.9 Å². The van der Waals surface area contributed by atoms with E-state index in [-0.39, 0.29) is 5.56 Å². The van der Waals surface area contributed by atoms with Crippen molar-refractivity contribution in [3.8, 4) is 17.2 Å². The van der Waals surface area contributed by atoms with E-state index in [0.29, 0.717) is 21.9 Å². The van der Waals surface area contributed by atoms with Crippen LogP contribution in [0.1, 0.15) is 10.4 Å². The van der Waals surface area contributed by atoms with Crippen molar-refractivity contribution in [2.75, 3.05) is 21.3 Å². The number of carbonyl (C=O) groups excluding carboxylic acids is 1. The fourth-order valence-electron chi connectivity index (χ4n) is 1.83. The Morgan fingerprint density at radius 3 is 2.18 bits per heavy atom. The molecule has 22 heavy (non-hydrogen) atoms. The summed E-state index contributed by atoms with van der Waals surface area (Å²) < 4.78 is 17.2. The quantitative estimate of drug-likeness (QED) is 0.789. The summed E-state index contributed by atoms with van der Waals surface area (Å²) in [6, 6.07) is 8.13. The number of methoxy groups -OCH3 is 3. The maximum absolute atomic E-state index is 12.3. The average molecular weight is 321 g/mol. The van der Waals surface area contributed by atoms with E-state index >= 15 is 0 Å². The number of hydrogen-bond acceptors (Lipinski definition) is 6. The molecule has 1 heterocycles. The van der Waals surface area contributed by atoms with E-state index in [0.717, 1.165) is 0 Å². The molecule has 0 bridgehead atoms. The molecule has 116 valence electrons. The van der Waals surface area contributed by atoms with E-state index in [1.54, 1.807) is 24.4 Å². The number of carbonyl (C=O) groups is 1. The largest absolute Gasteiger partial charge is 0.493 e. The molecule has 0 aliphatic rings. The van der Waals surface area contributed by atoms with Crippen LogP contribution in [-0.2, 0) is 0 Å². The number of pyridine rings is 1. The molecule has 2 aromatic rings. The van der Waals surface area contributed by atoms with Crippen molar-refractivity contribution in [2.24, 2.45) is 0 Å². The predicted molar refractivity (Wildman–Crippen MR) is 82.3 cm³/mol. The fraction of sp³-hybridized carbons (Fsp3) is 0.200. The highest BCUT2D eigenvalue weighted by molar-refractivity contribution is 7.71. The lowest BCUT2D eigenvalue weighted by Gasteiger charge is -2.14. The van der Waals surface area contributed by atoms with Gasteiger partial charge in [0.1, 0.15) is 4.64 Å². The van der Waals surface area contributed by atoms with Gasteiger partial charge in [0.2, 0.25) is 5.75 Å². The Labute approximate surface area is 132 Å². The van der Waals surface area contributed by atoms with Crippen LogP contribution in [0.25, 0.3) is 0 Å². The smallest absolute Gasteiger partial charge is 0.363 e.